The molecule has 0 unspecified atom stereocenters. The molecule has 0 spiro atoms. The van der Waals surface area contributed by atoms with Crippen LogP contribution in [0.5, 0.6) is 5.75 Å². The maximum absolute atomic E-state index is 13.3. The van der Waals surface area contributed by atoms with Crippen molar-refractivity contribution in [1.29, 1.82) is 0 Å². The molecule has 0 saturated carbocycles. The average Bonchev–Trinajstić information content (AvgIpc) is 3.50. The van der Waals surface area contributed by atoms with Gasteiger partial charge in [0.25, 0.3) is 0 Å². The predicted octanol–water partition coefficient (Wildman–Crippen LogP) is 8.67. The van der Waals surface area contributed by atoms with E-state index in [1.54, 1.807) is 30.3 Å². The number of ether oxygens (including phenoxy) is 1. The van der Waals surface area contributed by atoms with Crippen LogP contribution in [0.3, 0.4) is 0 Å². The topological polar surface area (TPSA) is 84.1 Å². The van der Waals surface area contributed by atoms with Gasteiger partial charge in [0.2, 0.25) is 5.78 Å². The Morgan fingerprint density at radius 1 is 0.844 bits per heavy atom. The first-order valence-electron chi connectivity index (χ1n) is 14.8. The lowest BCUT2D eigenvalue weighted by Gasteiger charge is -2.22. The average molecular weight is 620 g/mol. The van der Waals surface area contributed by atoms with Gasteiger partial charge in [-0.15, -0.1) is 0 Å². The number of benzene rings is 3. The zero-order valence-electron chi connectivity index (χ0n) is 25.4. The minimum atomic E-state index is -1.19. The van der Waals surface area contributed by atoms with E-state index >= 15 is 0 Å². The number of carboxylic acids is 1. The molecule has 8 heteroatoms. The van der Waals surface area contributed by atoms with Gasteiger partial charge in [0.15, 0.2) is 0 Å². The number of aromatic nitrogens is 2. The van der Waals surface area contributed by atoms with Crippen molar-refractivity contribution in [2.45, 2.75) is 20.8 Å². The third-order valence-corrected chi connectivity index (χ3v) is 7.74. The second-order valence-electron chi connectivity index (χ2n) is 10.3. The summed E-state index contributed by atoms with van der Waals surface area (Å²) >= 11 is 5.87. The first kappa shape index (κ1) is 31.3. The second-order valence-corrected chi connectivity index (χ2v) is 10.7. The van der Waals surface area contributed by atoms with Gasteiger partial charge in [0, 0.05) is 58.7 Å². The molecule has 228 valence electrons. The van der Waals surface area contributed by atoms with E-state index in [9.17, 15) is 14.7 Å². The number of para-hydroxylation sites is 1. The van der Waals surface area contributed by atoms with Crippen LogP contribution in [-0.2, 0) is 0 Å². The smallest absolute Gasteiger partial charge is 0.338 e. The van der Waals surface area contributed by atoms with E-state index in [1.165, 1.54) is 22.7 Å². The number of halogens is 1. The van der Waals surface area contributed by atoms with E-state index in [1.807, 2.05) is 55.5 Å². The molecule has 6 aromatic rings. The highest BCUT2D eigenvalue weighted by molar-refractivity contribution is 6.30. The Hall–Kier alpha value is -5.14. The van der Waals surface area contributed by atoms with Crippen LogP contribution >= 0.6 is 11.6 Å². The standard InChI is InChI=1S/C23H24N2O4.C14H10ClN/c1-4-25(5-2)16-11-12-17(20(14-16)29-6-3)22(26)21-18(23(27)28)13-15-9-7-8-10-19(15)24-21;15-13-6-4-11(5-7-13)12-9-14-3-1-2-8-16(14)10-12/h7-14H,4-6H2,1-3H3,(H,27,28);1-10H. The van der Waals surface area contributed by atoms with Crippen LogP contribution in [0.25, 0.3) is 27.5 Å². The normalized spacial score (nSPS) is 10.8. The van der Waals surface area contributed by atoms with Crippen LogP contribution in [0.15, 0.2) is 109 Å². The Morgan fingerprint density at radius 3 is 2.27 bits per heavy atom. The molecule has 0 radical (unpaired) electrons. The Bertz CT molecular complexity index is 1930. The summed E-state index contributed by atoms with van der Waals surface area (Å²) in [5.74, 6) is -1.24. The minimum absolute atomic E-state index is 0.0901. The summed E-state index contributed by atoms with van der Waals surface area (Å²) in [5.41, 5.74) is 5.20. The van der Waals surface area contributed by atoms with Crippen molar-refractivity contribution in [3.05, 3.63) is 131 Å². The molecule has 0 aliphatic heterocycles. The number of nitrogens with zero attached hydrogens (tertiary/aromatic N) is 3. The quantitative estimate of drug-likeness (QED) is 0.163. The van der Waals surface area contributed by atoms with Crippen LogP contribution < -0.4 is 9.64 Å². The Labute approximate surface area is 267 Å². The molecule has 0 atom stereocenters. The van der Waals surface area contributed by atoms with Crippen LogP contribution in [0, 0.1) is 0 Å². The van der Waals surface area contributed by atoms with Crippen molar-refractivity contribution in [2.75, 3.05) is 24.6 Å². The SMILES string of the molecule is CCOc1cc(N(CC)CC)ccc1C(=O)c1nc2ccccc2cc1C(=O)O.Clc1ccc(-c2cc3ccccn3c2)cc1. The van der Waals surface area contributed by atoms with E-state index in [-0.39, 0.29) is 11.3 Å². The van der Waals surface area contributed by atoms with Gasteiger partial charge >= 0.3 is 5.97 Å². The minimum Gasteiger partial charge on any atom is -0.493 e. The Balaban J connectivity index is 0.000000209. The number of pyridine rings is 2. The van der Waals surface area contributed by atoms with E-state index in [2.05, 4.69) is 52.7 Å². The summed E-state index contributed by atoms with van der Waals surface area (Å²) in [7, 11) is 0. The van der Waals surface area contributed by atoms with Crippen LogP contribution in [-0.4, -0.2) is 45.9 Å². The van der Waals surface area contributed by atoms with E-state index in [0.717, 1.165) is 23.8 Å². The first-order valence-corrected chi connectivity index (χ1v) is 15.2. The van der Waals surface area contributed by atoms with E-state index < -0.39 is 11.8 Å². The van der Waals surface area contributed by atoms with Gasteiger partial charge in [-0.2, -0.15) is 0 Å². The lowest BCUT2D eigenvalue weighted by atomic mass is 10.0. The molecular formula is C37H34ClN3O4. The van der Waals surface area contributed by atoms with Crippen molar-refractivity contribution in [1.82, 2.24) is 9.38 Å². The number of ketones is 1. The molecule has 3 aromatic carbocycles. The highest BCUT2D eigenvalue weighted by atomic mass is 35.5. The fourth-order valence-corrected chi connectivity index (χ4v) is 5.32. The summed E-state index contributed by atoms with van der Waals surface area (Å²) in [5, 5.41) is 11.1. The fraction of sp³-hybridized carbons (Fsp3) is 0.162. The molecule has 45 heavy (non-hydrogen) atoms. The van der Waals surface area contributed by atoms with Gasteiger partial charge in [0.05, 0.1) is 23.3 Å². The number of carbonyl (C=O) groups is 2. The summed E-state index contributed by atoms with van der Waals surface area (Å²) in [6.07, 6.45) is 4.17. The van der Waals surface area contributed by atoms with Crippen molar-refractivity contribution in [3.8, 4) is 16.9 Å². The zero-order chi connectivity index (χ0) is 31.9. The lowest BCUT2D eigenvalue weighted by molar-refractivity contribution is 0.0692. The highest BCUT2D eigenvalue weighted by Crippen LogP contribution is 2.30. The molecule has 0 aliphatic carbocycles. The Morgan fingerprint density at radius 2 is 1.58 bits per heavy atom. The van der Waals surface area contributed by atoms with Gasteiger partial charge in [-0.1, -0.05) is 48.0 Å². The Kier molecular flexibility index (Phi) is 9.80. The largest absolute Gasteiger partial charge is 0.493 e. The lowest BCUT2D eigenvalue weighted by Crippen LogP contribution is -2.22. The third kappa shape index (κ3) is 7.00. The van der Waals surface area contributed by atoms with Crippen molar-refractivity contribution >= 4 is 45.5 Å². The number of anilines is 1. The van der Waals surface area contributed by atoms with Crippen molar-refractivity contribution in [2.24, 2.45) is 0 Å². The molecule has 0 saturated heterocycles. The number of rotatable bonds is 9. The fourth-order valence-electron chi connectivity index (χ4n) is 5.19. The molecule has 0 aliphatic rings. The number of fused-ring (bicyclic) bond motifs is 2. The number of carboxylic acid groups (broad SMARTS) is 1. The third-order valence-electron chi connectivity index (χ3n) is 7.49. The molecule has 0 bridgehead atoms. The van der Waals surface area contributed by atoms with Crippen molar-refractivity contribution in [3.63, 3.8) is 0 Å². The molecule has 3 aromatic heterocycles. The molecule has 0 amide bonds. The summed E-state index contributed by atoms with van der Waals surface area (Å²) in [6.45, 7) is 7.99. The van der Waals surface area contributed by atoms with E-state index in [0.29, 0.717) is 28.8 Å². The number of hydrogen-bond donors (Lipinski definition) is 1. The van der Waals surface area contributed by atoms with Gasteiger partial charge in [0.1, 0.15) is 11.4 Å². The van der Waals surface area contributed by atoms with Gasteiger partial charge in [-0.25, -0.2) is 9.78 Å². The summed E-state index contributed by atoms with van der Waals surface area (Å²) in [4.78, 5) is 31.6. The second kappa shape index (κ2) is 14.1. The number of carbonyl (C=O) groups excluding carboxylic acids is 1. The highest BCUT2D eigenvalue weighted by Gasteiger charge is 2.24. The maximum Gasteiger partial charge on any atom is 0.338 e. The monoisotopic (exact) mass is 619 g/mol. The van der Waals surface area contributed by atoms with Crippen molar-refractivity contribution < 1.29 is 19.4 Å². The molecule has 3 heterocycles. The molecule has 6 rings (SSSR count). The first-order chi connectivity index (χ1) is 21.8. The maximum atomic E-state index is 13.3. The molecule has 0 fully saturated rings. The molecule has 1 N–H and O–H groups in total. The van der Waals surface area contributed by atoms with Crippen LogP contribution in [0.4, 0.5) is 5.69 Å². The van der Waals surface area contributed by atoms with Gasteiger partial charge in [-0.05, 0) is 80.9 Å². The van der Waals surface area contributed by atoms with Gasteiger partial charge < -0.3 is 19.1 Å². The summed E-state index contributed by atoms with van der Waals surface area (Å²) < 4.78 is 7.84. The molecular weight excluding hydrogens is 586 g/mol. The van der Waals surface area contributed by atoms with E-state index in [4.69, 9.17) is 16.3 Å². The summed E-state index contributed by atoms with van der Waals surface area (Å²) in [6, 6.07) is 30.2. The van der Waals surface area contributed by atoms with Gasteiger partial charge in [-0.3, -0.25) is 4.79 Å². The molecule has 7 nitrogen and oxygen atoms in total. The number of hydrogen-bond acceptors (Lipinski definition) is 5. The zero-order valence-corrected chi connectivity index (χ0v) is 26.2. The number of aromatic carboxylic acids is 1. The van der Waals surface area contributed by atoms with Crippen LogP contribution in [0.2, 0.25) is 5.02 Å². The predicted molar refractivity (Wildman–Crippen MR) is 181 cm³/mol. The van der Waals surface area contributed by atoms with Crippen LogP contribution in [0.1, 0.15) is 47.2 Å².